The van der Waals surface area contributed by atoms with Gasteiger partial charge in [-0.25, -0.2) is 9.97 Å². The van der Waals surface area contributed by atoms with Crippen LogP contribution in [0.25, 0.3) is 0 Å². The molecule has 0 spiro atoms. The lowest BCUT2D eigenvalue weighted by atomic mass is 10.1. The molecule has 1 atom stereocenters. The summed E-state index contributed by atoms with van der Waals surface area (Å²) in [5.41, 5.74) is 0.674. The normalized spacial score (nSPS) is 19.6. The number of hydrogen-bond donors (Lipinski definition) is 1. The molecule has 0 aromatic carbocycles. The Hall–Kier alpha value is -1.69. The first-order valence-corrected chi connectivity index (χ1v) is 6.45. The van der Waals surface area contributed by atoms with E-state index in [4.69, 9.17) is 11.6 Å². The number of halogens is 1. The zero-order valence-corrected chi connectivity index (χ0v) is 11.8. The van der Waals surface area contributed by atoms with Crippen molar-refractivity contribution >= 4 is 29.2 Å². The number of piperazine rings is 1. The first-order chi connectivity index (χ1) is 8.93. The summed E-state index contributed by atoms with van der Waals surface area (Å²) in [5.74, 6) is 0.475. The Balaban J connectivity index is 2.47. The summed E-state index contributed by atoms with van der Waals surface area (Å²) in [6.45, 7) is 5.51. The highest BCUT2D eigenvalue weighted by Crippen LogP contribution is 2.26. The van der Waals surface area contributed by atoms with Crippen LogP contribution in [0.2, 0.25) is 5.15 Å². The van der Waals surface area contributed by atoms with Crippen molar-refractivity contribution in [3.05, 3.63) is 16.5 Å². The van der Waals surface area contributed by atoms with Crippen LogP contribution in [0, 0.1) is 6.92 Å². The van der Waals surface area contributed by atoms with Gasteiger partial charge in [-0.15, -0.1) is 0 Å². The number of anilines is 1. The van der Waals surface area contributed by atoms with Gasteiger partial charge in [0.15, 0.2) is 0 Å². The minimum Gasteiger partial charge on any atom is -0.335 e. The SMILES string of the molecule is CCc1nc(Cl)c(C)c(N2CC(=O)NC(=O)C2C)n1. The smallest absolute Gasteiger partial charge is 0.249 e. The summed E-state index contributed by atoms with van der Waals surface area (Å²) in [6, 6.07) is -0.466. The van der Waals surface area contributed by atoms with E-state index in [-0.39, 0.29) is 18.4 Å². The van der Waals surface area contributed by atoms with Gasteiger partial charge in [0.05, 0.1) is 6.54 Å². The number of rotatable bonds is 2. The minimum atomic E-state index is -0.466. The number of imide groups is 1. The minimum absolute atomic E-state index is 0.0875. The van der Waals surface area contributed by atoms with Crippen LogP contribution in [0.3, 0.4) is 0 Å². The summed E-state index contributed by atoms with van der Waals surface area (Å²) >= 11 is 6.07. The van der Waals surface area contributed by atoms with E-state index in [9.17, 15) is 9.59 Å². The maximum Gasteiger partial charge on any atom is 0.249 e. The Kier molecular flexibility index (Phi) is 3.71. The van der Waals surface area contributed by atoms with Gasteiger partial charge in [0, 0.05) is 12.0 Å². The average Bonchev–Trinajstić information content (AvgIpc) is 2.37. The summed E-state index contributed by atoms with van der Waals surface area (Å²) in [5, 5.41) is 2.65. The largest absolute Gasteiger partial charge is 0.335 e. The second-order valence-electron chi connectivity index (χ2n) is 4.45. The van der Waals surface area contributed by atoms with Gasteiger partial charge in [0.2, 0.25) is 11.8 Å². The van der Waals surface area contributed by atoms with E-state index in [1.54, 1.807) is 18.7 Å². The molecule has 2 heterocycles. The molecule has 1 N–H and O–H groups in total. The van der Waals surface area contributed by atoms with Gasteiger partial charge in [-0.2, -0.15) is 0 Å². The summed E-state index contributed by atoms with van der Waals surface area (Å²) in [7, 11) is 0. The topological polar surface area (TPSA) is 75.2 Å². The third-order valence-electron chi connectivity index (χ3n) is 3.12. The molecule has 0 aliphatic carbocycles. The Morgan fingerprint density at radius 2 is 2.11 bits per heavy atom. The molecule has 1 saturated heterocycles. The lowest BCUT2D eigenvalue weighted by Crippen LogP contribution is -2.57. The molecule has 19 heavy (non-hydrogen) atoms. The fourth-order valence-corrected chi connectivity index (χ4v) is 2.11. The zero-order valence-electron chi connectivity index (χ0n) is 11.0. The fraction of sp³-hybridized carbons (Fsp3) is 0.500. The van der Waals surface area contributed by atoms with Gasteiger partial charge in [-0.3, -0.25) is 14.9 Å². The molecular weight excluding hydrogens is 268 g/mol. The Labute approximate surface area is 116 Å². The van der Waals surface area contributed by atoms with Crippen molar-refractivity contribution in [1.29, 1.82) is 0 Å². The Morgan fingerprint density at radius 3 is 2.74 bits per heavy atom. The fourth-order valence-electron chi connectivity index (χ4n) is 1.93. The molecule has 2 amide bonds. The van der Waals surface area contributed by atoms with Crippen molar-refractivity contribution in [3.8, 4) is 0 Å². The molecular formula is C12H15ClN4O2. The first kappa shape index (κ1) is 13.7. The van der Waals surface area contributed by atoms with Gasteiger partial charge in [0.25, 0.3) is 0 Å². The molecule has 6 nitrogen and oxygen atoms in total. The van der Waals surface area contributed by atoms with Gasteiger partial charge in [0.1, 0.15) is 22.8 Å². The van der Waals surface area contributed by atoms with Gasteiger partial charge < -0.3 is 4.90 Å². The molecule has 102 valence electrons. The quantitative estimate of drug-likeness (QED) is 0.643. The average molecular weight is 283 g/mol. The van der Waals surface area contributed by atoms with Crippen LogP contribution in [0.4, 0.5) is 5.82 Å². The summed E-state index contributed by atoms with van der Waals surface area (Å²) < 4.78 is 0. The molecule has 2 rings (SSSR count). The predicted molar refractivity (Wildman–Crippen MR) is 71.1 cm³/mol. The highest BCUT2D eigenvalue weighted by atomic mass is 35.5. The van der Waals surface area contributed by atoms with Crippen molar-refractivity contribution in [3.63, 3.8) is 0 Å². The number of carbonyl (C=O) groups is 2. The molecule has 1 aromatic rings. The highest BCUT2D eigenvalue weighted by molar-refractivity contribution is 6.30. The molecule has 1 aliphatic rings. The Bertz CT molecular complexity index is 547. The second-order valence-corrected chi connectivity index (χ2v) is 4.81. The second kappa shape index (κ2) is 5.13. The van der Waals surface area contributed by atoms with E-state index in [2.05, 4.69) is 15.3 Å². The maximum absolute atomic E-state index is 11.7. The van der Waals surface area contributed by atoms with Crippen molar-refractivity contribution in [1.82, 2.24) is 15.3 Å². The molecule has 1 aliphatic heterocycles. The molecule has 0 radical (unpaired) electrons. The Morgan fingerprint density at radius 1 is 1.42 bits per heavy atom. The van der Waals surface area contributed by atoms with Crippen molar-refractivity contribution in [2.75, 3.05) is 11.4 Å². The number of nitrogens with zero attached hydrogens (tertiary/aromatic N) is 3. The number of carbonyl (C=O) groups excluding carboxylic acids is 2. The number of amides is 2. The van der Waals surface area contributed by atoms with Crippen LogP contribution in [0.15, 0.2) is 0 Å². The van der Waals surface area contributed by atoms with E-state index in [0.29, 0.717) is 28.8 Å². The number of aryl methyl sites for hydroxylation is 1. The summed E-state index contributed by atoms with van der Waals surface area (Å²) in [4.78, 5) is 33.4. The molecule has 1 aromatic heterocycles. The molecule has 1 fully saturated rings. The molecule has 1 unspecified atom stereocenters. The van der Waals surface area contributed by atoms with E-state index < -0.39 is 6.04 Å². The van der Waals surface area contributed by atoms with E-state index in [0.717, 1.165) is 0 Å². The first-order valence-electron chi connectivity index (χ1n) is 6.07. The maximum atomic E-state index is 11.7. The number of hydrogen-bond acceptors (Lipinski definition) is 5. The molecule has 0 bridgehead atoms. The third-order valence-corrected chi connectivity index (χ3v) is 3.49. The van der Waals surface area contributed by atoms with E-state index in [1.807, 2.05) is 6.92 Å². The van der Waals surface area contributed by atoms with Crippen LogP contribution < -0.4 is 10.2 Å². The lowest BCUT2D eigenvalue weighted by molar-refractivity contribution is -0.132. The third kappa shape index (κ3) is 2.53. The number of aromatic nitrogens is 2. The molecule has 7 heteroatoms. The van der Waals surface area contributed by atoms with Crippen molar-refractivity contribution in [2.24, 2.45) is 0 Å². The van der Waals surface area contributed by atoms with Crippen LogP contribution >= 0.6 is 11.6 Å². The lowest BCUT2D eigenvalue weighted by Gasteiger charge is -2.33. The predicted octanol–water partition coefficient (Wildman–Crippen LogP) is 0.852. The van der Waals surface area contributed by atoms with Crippen LogP contribution in [0.1, 0.15) is 25.2 Å². The number of nitrogens with one attached hydrogen (secondary N) is 1. The van der Waals surface area contributed by atoms with Crippen LogP contribution in [-0.4, -0.2) is 34.4 Å². The highest BCUT2D eigenvalue weighted by Gasteiger charge is 2.32. The van der Waals surface area contributed by atoms with Crippen LogP contribution in [0.5, 0.6) is 0 Å². The van der Waals surface area contributed by atoms with Crippen LogP contribution in [-0.2, 0) is 16.0 Å². The van der Waals surface area contributed by atoms with Gasteiger partial charge in [-0.05, 0) is 13.8 Å². The molecule has 0 saturated carbocycles. The van der Waals surface area contributed by atoms with Crippen molar-refractivity contribution in [2.45, 2.75) is 33.2 Å². The van der Waals surface area contributed by atoms with Gasteiger partial charge >= 0.3 is 0 Å². The zero-order chi connectivity index (χ0) is 14.2. The summed E-state index contributed by atoms with van der Waals surface area (Å²) in [6.07, 6.45) is 0.634. The van der Waals surface area contributed by atoms with E-state index >= 15 is 0 Å². The van der Waals surface area contributed by atoms with Gasteiger partial charge in [-0.1, -0.05) is 18.5 Å². The standard InChI is InChI=1S/C12H15ClN4O2/c1-4-8-14-10(13)6(2)11(15-8)17-5-9(18)16-12(19)7(17)3/h7H,4-5H2,1-3H3,(H,16,18,19). The monoisotopic (exact) mass is 282 g/mol. The van der Waals surface area contributed by atoms with E-state index in [1.165, 1.54) is 0 Å². The van der Waals surface area contributed by atoms with Crippen molar-refractivity contribution < 1.29 is 9.59 Å².